The van der Waals surface area contributed by atoms with E-state index >= 15 is 0 Å². The maximum Gasteiger partial charge on any atom is 0.273 e. The summed E-state index contributed by atoms with van der Waals surface area (Å²) in [7, 11) is 1.54. The lowest BCUT2D eigenvalue weighted by Crippen LogP contribution is -2.56. The molecular weight excluding hydrogens is 338 g/mol. The van der Waals surface area contributed by atoms with Crippen LogP contribution in [0.4, 0.5) is 5.69 Å². The lowest BCUT2D eigenvalue weighted by atomic mass is 9.62. The molecule has 0 amide bonds. The molecule has 0 aromatic heterocycles. The highest BCUT2D eigenvalue weighted by atomic mass is 79.9. The van der Waals surface area contributed by atoms with Gasteiger partial charge >= 0.3 is 0 Å². The molecule has 1 saturated carbocycles. The molecule has 21 heavy (non-hydrogen) atoms. The van der Waals surface area contributed by atoms with Crippen molar-refractivity contribution in [3.63, 3.8) is 0 Å². The number of halogens is 1. The number of rotatable bonds is 6. The molecule has 116 valence electrons. The van der Waals surface area contributed by atoms with Crippen LogP contribution in [0.25, 0.3) is 0 Å². The molecule has 0 N–H and O–H groups in total. The third-order valence-electron chi connectivity index (χ3n) is 4.63. The first-order valence-corrected chi connectivity index (χ1v) is 8.03. The molecule has 1 aliphatic rings. The van der Waals surface area contributed by atoms with Gasteiger partial charge in [0.05, 0.1) is 18.1 Å². The van der Waals surface area contributed by atoms with E-state index in [0.717, 1.165) is 19.3 Å². The Bertz CT molecular complexity index is 530. The van der Waals surface area contributed by atoms with E-state index in [1.807, 2.05) is 0 Å². The molecule has 0 saturated heterocycles. The van der Waals surface area contributed by atoms with Crippen molar-refractivity contribution in [3.05, 3.63) is 28.3 Å². The molecule has 2 atom stereocenters. The molecule has 1 aliphatic carbocycles. The van der Waals surface area contributed by atoms with E-state index in [9.17, 15) is 10.1 Å². The summed E-state index contributed by atoms with van der Waals surface area (Å²) in [6.45, 7) is 4.30. The van der Waals surface area contributed by atoms with E-state index < -0.39 is 4.92 Å². The van der Waals surface area contributed by atoms with Crippen molar-refractivity contribution >= 4 is 21.6 Å². The molecular formula is C15H20BrNO4. The van der Waals surface area contributed by atoms with Gasteiger partial charge < -0.3 is 9.47 Å². The lowest BCUT2D eigenvalue weighted by Gasteiger charge is -2.52. The zero-order valence-corrected chi connectivity index (χ0v) is 14.1. The summed E-state index contributed by atoms with van der Waals surface area (Å²) in [5.74, 6) is 0.974. The van der Waals surface area contributed by atoms with E-state index in [1.54, 1.807) is 6.07 Å². The summed E-state index contributed by atoms with van der Waals surface area (Å²) in [6, 6.07) is 4.44. The van der Waals surface area contributed by atoms with Gasteiger partial charge in [-0.25, -0.2) is 0 Å². The van der Waals surface area contributed by atoms with Crippen LogP contribution in [0, 0.1) is 15.5 Å². The van der Waals surface area contributed by atoms with Crippen LogP contribution in [0.15, 0.2) is 18.2 Å². The first-order valence-electron chi connectivity index (χ1n) is 7.11. The molecule has 0 radical (unpaired) electrons. The molecule has 1 aromatic carbocycles. The number of methoxy groups -OCH3 is 1. The van der Waals surface area contributed by atoms with E-state index in [4.69, 9.17) is 9.47 Å². The van der Waals surface area contributed by atoms with Crippen LogP contribution >= 0.6 is 15.9 Å². The third kappa shape index (κ3) is 2.73. The second kappa shape index (κ2) is 6.22. The summed E-state index contributed by atoms with van der Waals surface area (Å²) in [4.78, 5) is 10.9. The maximum absolute atomic E-state index is 10.9. The summed E-state index contributed by atoms with van der Waals surface area (Å²) in [6.07, 6.45) is 2.95. The Balaban J connectivity index is 2.26. The molecule has 5 nitrogen and oxygen atoms in total. The fourth-order valence-corrected chi connectivity index (χ4v) is 4.32. The largest absolute Gasteiger partial charge is 0.493 e. The summed E-state index contributed by atoms with van der Waals surface area (Å²) < 4.78 is 11.3. The number of hydrogen-bond acceptors (Lipinski definition) is 4. The standard InChI is InChI=1S/C15H20BrNO4/c1-4-15(5-2)13(16)9-14(15)21-12-8-10(17(18)19)6-7-11(12)20-3/h6-8,13-14H,4-5,9H2,1-3H3. The fourth-order valence-electron chi connectivity index (χ4n) is 3.04. The number of nitrogens with zero attached hydrogens (tertiary/aromatic N) is 1. The van der Waals surface area contributed by atoms with Crippen LogP contribution < -0.4 is 9.47 Å². The number of benzene rings is 1. The number of nitro groups is 1. The van der Waals surface area contributed by atoms with Crippen molar-refractivity contribution in [3.8, 4) is 11.5 Å². The Morgan fingerprint density at radius 3 is 2.52 bits per heavy atom. The van der Waals surface area contributed by atoms with E-state index in [0.29, 0.717) is 16.3 Å². The van der Waals surface area contributed by atoms with Crippen molar-refractivity contribution in [2.45, 2.75) is 44.0 Å². The number of hydrogen-bond donors (Lipinski definition) is 0. The predicted molar refractivity (Wildman–Crippen MR) is 84.4 cm³/mol. The highest BCUT2D eigenvalue weighted by Crippen LogP contribution is 2.53. The van der Waals surface area contributed by atoms with Gasteiger partial charge in [0.15, 0.2) is 11.5 Å². The zero-order valence-electron chi connectivity index (χ0n) is 12.5. The van der Waals surface area contributed by atoms with Crippen molar-refractivity contribution in [1.29, 1.82) is 0 Å². The predicted octanol–water partition coefficient (Wildman–Crippen LogP) is 4.32. The van der Waals surface area contributed by atoms with E-state index in [2.05, 4.69) is 29.8 Å². The van der Waals surface area contributed by atoms with Crippen molar-refractivity contribution in [2.75, 3.05) is 7.11 Å². The Hall–Kier alpha value is -1.30. The number of nitro benzene ring substituents is 1. The summed E-state index contributed by atoms with van der Waals surface area (Å²) in [5.41, 5.74) is 0.0921. The molecule has 1 aromatic rings. The highest BCUT2D eigenvalue weighted by molar-refractivity contribution is 9.09. The minimum Gasteiger partial charge on any atom is -0.493 e. The lowest BCUT2D eigenvalue weighted by molar-refractivity contribution is -0.385. The molecule has 0 aliphatic heterocycles. The molecule has 0 spiro atoms. The molecule has 0 bridgehead atoms. The minimum atomic E-state index is -0.423. The number of ether oxygens (including phenoxy) is 2. The van der Waals surface area contributed by atoms with Gasteiger partial charge in [0, 0.05) is 16.3 Å². The minimum absolute atomic E-state index is 0.0131. The number of non-ortho nitro benzene ring substituents is 1. The van der Waals surface area contributed by atoms with Gasteiger partial charge in [0.1, 0.15) is 6.10 Å². The third-order valence-corrected chi connectivity index (χ3v) is 5.92. The van der Waals surface area contributed by atoms with Crippen LogP contribution in [-0.4, -0.2) is 23.0 Å². The fraction of sp³-hybridized carbons (Fsp3) is 0.600. The van der Waals surface area contributed by atoms with Gasteiger partial charge in [-0.15, -0.1) is 0 Å². The van der Waals surface area contributed by atoms with Crippen LogP contribution in [-0.2, 0) is 0 Å². The number of alkyl halides is 1. The average Bonchev–Trinajstić information content (AvgIpc) is 2.48. The van der Waals surface area contributed by atoms with E-state index in [1.165, 1.54) is 19.2 Å². The van der Waals surface area contributed by atoms with Crippen LogP contribution in [0.5, 0.6) is 11.5 Å². The van der Waals surface area contributed by atoms with Gasteiger partial charge in [-0.3, -0.25) is 10.1 Å². The average molecular weight is 358 g/mol. The van der Waals surface area contributed by atoms with Gasteiger partial charge in [0.2, 0.25) is 0 Å². The smallest absolute Gasteiger partial charge is 0.273 e. The molecule has 0 heterocycles. The maximum atomic E-state index is 10.9. The summed E-state index contributed by atoms with van der Waals surface area (Å²) in [5, 5.41) is 10.9. The van der Waals surface area contributed by atoms with E-state index in [-0.39, 0.29) is 17.2 Å². The van der Waals surface area contributed by atoms with Crippen molar-refractivity contribution in [2.24, 2.45) is 5.41 Å². The van der Waals surface area contributed by atoms with Crippen LogP contribution in [0.3, 0.4) is 0 Å². The first-order chi connectivity index (χ1) is 9.98. The topological polar surface area (TPSA) is 61.6 Å². The van der Waals surface area contributed by atoms with Gasteiger partial charge in [0.25, 0.3) is 5.69 Å². The van der Waals surface area contributed by atoms with Crippen LogP contribution in [0.1, 0.15) is 33.1 Å². The van der Waals surface area contributed by atoms with Crippen molar-refractivity contribution < 1.29 is 14.4 Å². The molecule has 6 heteroatoms. The van der Waals surface area contributed by atoms with Crippen LogP contribution in [0.2, 0.25) is 0 Å². The Morgan fingerprint density at radius 2 is 2.05 bits per heavy atom. The first kappa shape index (κ1) is 16.1. The Morgan fingerprint density at radius 1 is 1.38 bits per heavy atom. The molecule has 1 fully saturated rings. The van der Waals surface area contributed by atoms with Crippen molar-refractivity contribution in [1.82, 2.24) is 0 Å². The SMILES string of the molecule is CCC1(CC)C(Br)CC1Oc1cc([N+](=O)[O-])ccc1OC. The quantitative estimate of drug-likeness (QED) is 0.432. The summed E-state index contributed by atoms with van der Waals surface area (Å²) >= 11 is 3.71. The Labute approximate surface area is 132 Å². The van der Waals surface area contributed by atoms with Gasteiger partial charge in [-0.2, -0.15) is 0 Å². The molecule has 2 unspecified atom stereocenters. The molecule has 2 rings (SSSR count). The normalized spacial score (nSPS) is 23.2. The zero-order chi connectivity index (χ0) is 15.6. The van der Waals surface area contributed by atoms with Gasteiger partial charge in [-0.1, -0.05) is 29.8 Å². The Kier molecular flexibility index (Phi) is 4.76. The second-order valence-electron chi connectivity index (χ2n) is 5.34. The second-order valence-corrected chi connectivity index (χ2v) is 6.45. The van der Waals surface area contributed by atoms with Gasteiger partial charge in [-0.05, 0) is 25.3 Å². The monoisotopic (exact) mass is 357 g/mol. The highest BCUT2D eigenvalue weighted by Gasteiger charge is 2.53.